The summed E-state index contributed by atoms with van der Waals surface area (Å²) in [5.74, 6) is 0.689. The maximum atomic E-state index is 13.5. The largest absolute Gasteiger partial charge is 0.469 e. The molecule has 1 aliphatic rings. The van der Waals surface area contributed by atoms with Gasteiger partial charge in [-0.25, -0.2) is 9.59 Å². The molecule has 0 bridgehead atoms. The van der Waals surface area contributed by atoms with Crippen molar-refractivity contribution in [2.24, 2.45) is 0 Å². The number of carbonyl (C=O) groups is 3. The second kappa shape index (κ2) is 15.5. The predicted octanol–water partition coefficient (Wildman–Crippen LogP) is 6.18. The van der Waals surface area contributed by atoms with Crippen LogP contribution in [-0.2, 0) is 27.4 Å². The molecule has 0 saturated carbocycles. The molecule has 42 heavy (non-hydrogen) atoms. The number of likely N-dealkylation sites (N-methyl/N-ethyl adjacent to an activating group) is 1. The van der Waals surface area contributed by atoms with E-state index in [1.807, 2.05) is 35.0 Å². The lowest BCUT2D eigenvalue weighted by molar-refractivity contribution is -0.141. The molecule has 2 unspecified atom stereocenters. The summed E-state index contributed by atoms with van der Waals surface area (Å²) < 4.78 is 21.6. The zero-order valence-electron chi connectivity index (χ0n) is 24.1. The third-order valence-corrected chi connectivity index (χ3v) is 8.69. The van der Waals surface area contributed by atoms with Gasteiger partial charge in [0.1, 0.15) is 6.61 Å². The number of nitrogens with one attached hydrogen (secondary N) is 1. The number of nitrogens with zero attached hydrogens (tertiary/aromatic N) is 2. The number of benzene rings is 1. The molecular formula is C30H37N3O7S2. The van der Waals surface area contributed by atoms with Gasteiger partial charge in [-0.15, -0.1) is 22.7 Å². The molecule has 0 spiro atoms. The van der Waals surface area contributed by atoms with Gasteiger partial charge in [-0.05, 0) is 47.0 Å². The number of amides is 3. The molecule has 0 saturated heterocycles. The number of carbonyl (C=O) groups excluding carboxylic acids is 3. The van der Waals surface area contributed by atoms with Gasteiger partial charge in [0.05, 0.1) is 38.7 Å². The molecule has 0 aliphatic carbocycles. The molecule has 0 radical (unpaired) electrons. The number of rotatable bonds is 14. The molecule has 3 heterocycles. The quantitative estimate of drug-likeness (QED) is 0.216. The smallest absolute Gasteiger partial charge is 0.410 e. The zero-order valence-corrected chi connectivity index (χ0v) is 25.7. The summed E-state index contributed by atoms with van der Waals surface area (Å²) in [6.07, 6.45) is 1.92. The first-order valence-corrected chi connectivity index (χ1v) is 15.6. The molecule has 2 aromatic heterocycles. The predicted molar refractivity (Wildman–Crippen MR) is 161 cm³/mol. The first kappa shape index (κ1) is 31.2. The van der Waals surface area contributed by atoms with E-state index in [2.05, 4.69) is 12.2 Å². The molecule has 12 heteroatoms. The number of unbranched alkanes of at least 4 members (excludes halogenated alkanes) is 1. The minimum Gasteiger partial charge on any atom is -0.469 e. The van der Waals surface area contributed by atoms with E-state index in [0.29, 0.717) is 36.6 Å². The lowest BCUT2D eigenvalue weighted by atomic mass is 10.0. The zero-order chi connectivity index (χ0) is 29.9. The summed E-state index contributed by atoms with van der Waals surface area (Å²) in [5.41, 5.74) is 0.681. The van der Waals surface area contributed by atoms with Gasteiger partial charge in [0.2, 0.25) is 6.79 Å². The number of methoxy groups -OCH3 is 1. The Balaban J connectivity index is 1.43. The highest BCUT2D eigenvalue weighted by Crippen LogP contribution is 2.35. The molecule has 4 rings (SSSR count). The Kier molecular flexibility index (Phi) is 11.5. The van der Waals surface area contributed by atoms with Gasteiger partial charge in [-0.2, -0.15) is 0 Å². The third-order valence-electron chi connectivity index (χ3n) is 6.97. The van der Waals surface area contributed by atoms with E-state index < -0.39 is 24.1 Å². The summed E-state index contributed by atoms with van der Waals surface area (Å²) in [5, 5.41) is 6.92. The monoisotopic (exact) mass is 615 g/mol. The van der Waals surface area contributed by atoms with Crippen molar-refractivity contribution in [3.05, 3.63) is 68.5 Å². The van der Waals surface area contributed by atoms with Crippen molar-refractivity contribution in [1.82, 2.24) is 15.1 Å². The number of fused-ring (bicyclic) bond motifs is 1. The number of urea groups is 1. The van der Waals surface area contributed by atoms with Gasteiger partial charge in [0, 0.05) is 16.8 Å². The van der Waals surface area contributed by atoms with Gasteiger partial charge in [0.15, 0.2) is 11.5 Å². The van der Waals surface area contributed by atoms with E-state index >= 15 is 0 Å². The van der Waals surface area contributed by atoms with Crippen LogP contribution >= 0.6 is 22.7 Å². The Hall–Kier alpha value is -3.77. The molecule has 1 aromatic carbocycles. The van der Waals surface area contributed by atoms with Crippen LogP contribution in [0.15, 0.2) is 53.2 Å². The van der Waals surface area contributed by atoms with Crippen LogP contribution in [0.4, 0.5) is 9.59 Å². The summed E-state index contributed by atoms with van der Waals surface area (Å²) in [4.78, 5) is 44.4. The fourth-order valence-corrected chi connectivity index (χ4v) is 5.94. The highest BCUT2D eigenvalue weighted by Gasteiger charge is 2.28. The van der Waals surface area contributed by atoms with E-state index in [-0.39, 0.29) is 25.9 Å². The Bertz CT molecular complexity index is 1260. The highest BCUT2D eigenvalue weighted by atomic mass is 32.1. The highest BCUT2D eigenvalue weighted by molar-refractivity contribution is 7.10. The molecule has 3 amide bonds. The van der Waals surface area contributed by atoms with Crippen LogP contribution in [0.2, 0.25) is 0 Å². The lowest BCUT2D eigenvalue weighted by Gasteiger charge is -2.31. The summed E-state index contributed by atoms with van der Waals surface area (Å²) in [6, 6.07) is 11.8. The maximum absolute atomic E-state index is 13.5. The van der Waals surface area contributed by atoms with Crippen LogP contribution in [0.3, 0.4) is 0 Å². The Morgan fingerprint density at radius 3 is 2.33 bits per heavy atom. The minimum absolute atomic E-state index is 0.0415. The van der Waals surface area contributed by atoms with Crippen molar-refractivity contribution in [1.29, 1.82) is 0 Å². The summed E-state index contributed by atoms with van der Waals surface area (Å²) >= 11 is 3.17. The van der Waals surface area contributed by atoms with Gasteiger partial charge >= 0.3 is 18.1 Å². The maximum Gasteiger partial charge on any atom is 0.410 e. The van der Waals surface area contributed by atoms with Crippen LogP contribution < -0.4 is 14.8 Å². The van der Waals surface area contributed by atoms with Crippen molar-refractivity contribution in [3.63, 3.8) is 0 Å². The van der Waals surface area contributed by atoms with Crippen molar-refractivity contribution in [2.75, 3.05) is 27.6 Å². The fourth-order valence-electron chi connectivity index (χ4n) is 4.50. The molecule has 0 fully saturated rings. The normalized spacial score (nSPS) is 13.2. The Labute approximate surface area is 254 Å². The SMILES string of the molecule is CCCCC(COC(=O)N(Cc1cccs1)Cc1cccs1)N(C)C(=O)NC(CC(=O)OC)c1ccc2c(c1)OCO2. The molecule has 10 nitrogen and oxygen atoms in total. The number of esters is 1. The van der Waals surface area contributed by atoms with Crippen LogP contribution in [0, 0.1) is 0 Å². The van der Waals surface area contributed by atoms with Crippen molar-refractivity contribution >= 4 is 40.8 Å². The topological polar surface area (TPSA) is 107 Å². The molecule has 226 valence electrons. The standard InChI is InChI=1S/C30H37N3O7S2/c1-4-5-8-22(19-38-30(36)33(17-23-9-6-13-41-23)18-24-10-7-14-42-24)32(2)29(35)31-25(16-28(34)37-3)21-11-12-26-27(15-21)40-20-39-26/h6-7,9-15,22,25H,4-5,8,16-20H2,1-3H3,(H,31,35). The first-order chi connectivity index (χ1) is 20.4. The van der Waals surface area contributed by atoms with Crippen molar-refractivity contribution < 1.29 is 33.3 Å². The van der Waals surface area contributed by atoms with E-state index in [0.717, 1.165) is 22.6 Å². The van der Waals surface area contributed by atoms with E-state index in [1.54, 1.807) is 57.7 Å². The lowest BCUT2D eigenvalue weighted by Crippen LogP contribution is -2.47. The summed E-state index contributed by atoms with van der Waals surface area (Å²) in [7, 11) is 2.98. The molecular weight excluding hydrogens is 578 g/mol. The van der Waals surface area contributed by atoms with E-state index in [4.69, 9.17) is 18.9 Å². The number of thiophene rings is 2. The summed E-state index contributed by atoms with van der Waals surface area (Å²) in [6.45, 7) is 3.11. The van der Waals surface area contributed by atoms with Crippen molar-refractivity contribution in [3.8, 4) is 11.5 Å². The molecule has 1 N–H and O–H groups in total. The van der Waals surface area contributed by atoms with Crippen LogP contribution in [0.1, 0.15) is 54.0 Å². The Morgan fingerprint density at radius 1 is 1.02 bits per heavy atom. The van der Waals surface area contributed by atoms with E-state index in [1.165, 1.54) is 7.11 Å². The van der Waals surface area contributed by atoms with Crippen molar-refractivity contribution in [2.45, 2.75) is 57.8 Å². The number of hydrogen-bond donors (Lipinski definition) is 1. The average Bonchev–Trinajstić information content (AvgIpc) is 3.79. The van der Waals surface area contributed by atoms with Crippen LogP contribution in [-0.4, -0.2) is 61.5 Å². The van der Waals surface area contributed by atoms with Gasteiger partial charge in [-0.3, -0.25) is 9.69 Å². The second-order valence-corrected chi connectivity index (χ2v) is 12.0. The fraction of sp³-hybridized carbons (Fsp3) is 0.433. The molecule has 2 atom stereocenters. The van der Waals surface area contributed by atoms with Gasteiger partial charge < -0.3 is 29.2 Å². The molecule has 1 aliphatic heterocycles. The third kappa shape index (κ3) is 8.62. The minimum atomic E-state index is -0.664. The second-order valence-electron chi connectivity index (χ2n) is 9.89. The van der Waals surface area contributed by atoms with Gasteiger partial charge in [0.25, 0.3) is 0 Å². The Morgan fingerprint density at radius 2 is 1.71 bits per heavy atom. The van der Waals surface area contributed by atoms with Crippen LogP contribution in [0.25, 0.3) is 0 Å². The average molecular weight is 616 g/mol. The van der Waals surface area contributed by atoms with Gasteiger partial charge in [-0.1, -0.05) is 38.0 Å². The van der Waals surface area contributed by atoms with Crippen LogP contribution in [0.5, 0.6) is 11.5 Å². The number of ether oxygens (including phenoxy) is 4. The molecule has 3 aromatic rings. The first-order valence-electron chi connectivity index (χ1n) is 13.8. The number of hydrogen-bond acceptors (Lipinski definition) is 9. The van der Waals surface area contributed by atoms with E-state index in [9.17, 15) is 14.4 Å².